The van der Waals surface area contributed by atoms with E-state index < -0.39 is 0 Å². The SMILES string of the molecule is OC(C1=COCCC1)C1Cc2ccccc2C1. The van der Waals surface area contributed by atoms with E-state index in [4.69, 9.17) is 4.74 Å². The summed E-state index contributed by atoms with van der Waals surface area (Å²) in [6.45, 7) is 0.793. The summed E-state index contributed by atoms with van der Waals surface area (Å²) in [5.74, 6) is 0.334. The van der Waals surface area contributed by atoms with Crippen LogP contribution in [0.2, 0.25) is 0 Å². The van der Waals surface area contributed by atoms with Gasteiger partial charge in [-0.2, -0.15) is 0 Å². The Hall–Kier alpha value is -1.28. The van der Waals surface area contributed by atoms with Gasteiger partial charge in [0.15, 0.2) is 0 Å². The molecule has 1 aliphatic carbocycles. The van der Waals surface area contributed by atoms with Gasteiger partial charge in [0, 0.05) is 0 Å². The van der Waals surface area contributed by atoms with E-state index in [-0.39, 0.29) is 6.10 Å². The Balaban J connectivity index is 1.73. The number of fused-ring (bicyclic) bond motifs is 1. The third-order valence-electron chi connectivity index (χ3n) is 3.87. The van der Waals surface area contributed by atoms with E-state index >= 15 is 0 Å². The van der Waals surface area contributed by atoms with Crippen molar-refractivity contribution in [3.05, 3.63) is 47.2 Å². The Morgan fingerprint density at radius 3 is 2.47 bits per heavy atom. The summed E-state index contributed by atoms with van der Waals surface area (Å²) in [4.78, 5) is 0. The lowest BCUT2D eigenvalue weighted by Gasteiger charge is -2.23. The first kappa shape index (κ1) is 10.8. The zero-order valence-electron chi connectivity index (χ0n) is 9.93. The number of benzene rings is 1. The van der Waals surface area contributed by atoms with Gasteiger partial charge in [0.1, 0.15) is 0 Å². The van der Waals surface area contributed by atoms with E-state index in [1.165, 1.54) is 11.1 Å². The first-order valence-corrected chi connectivity index (χ1v) is 6.40. The molecule has 2 heteroatoms. The second-order valence-electron chi connectivity index (χ2n) is 5.05. The molecule has 90 valence electrons. The van der Waals surface area contributed by atoms with Gasteiger partial charge in [-0.15, -0.1) is 0 Å². The smallest absolute Gasteiger partial charge is 0.0876 e. The minimum Gasteiger partial charge on any atom is -0.501 e. The van der Waals surface area contributed by atoms with Crippen LogP contribution >= 0.6 is 0 Å². The lowest BCUT2D eigenvalue weighted by Crippen LogP contribution is -2.25. The van der Waals surface area contributed by atoms with Crippen molar-refractivity contribution in [1.29, 1.82) is 0 Å². The summed E-state index contributed by atoms with van der Waals surface area (Å²) < 4.78 is 5.32. The molecule has 1 heterocycles. The van der Waals surface area contributed by atoms with Crippen LogP contribution < -0.4 is 0 Å². The zero-order valence-corrected chi connectivity index (χ0v) is 9.93. The molecule has 1 aromatic rings. The number of rotatable bonds is 2. The minimum absolute atomic E-state index is 0.331. The largest absolute Gasteiger partial charge is 0.501 e. The van der Waals surface area contributed by atoms with Crippen LogP contribution in [0.1, 0.15) is 24.0 Å². The maximum Gasteiger partial charge on any atom is 0.0876 e. The summed E-state index contributed by atoms with van der Waals surface area (Å²) >= 11 is 0. The number of aliphatic hydroxyl groups is 1. The Labute approximate surface area is 102 Å². The number of hydrogen-bond acceptors (Lipinski definition) is 2. The van der Waals surface area contributed by atoms with Gasteiger partial charge in [-0.1, -0.05) is 24.3 Å². The van der Waals surface area contributed by atoms with Gasteiger partial charge < -0.3 is 9.84 Å². The summed E-state index contributed by atoms with van der Waals surface area (Å²) in [5.41, 5.74) is 3.87. The van der Waals surface area contributed by atoms with E-state index in [0.717, 1.165) is 37.9 Å². The first-order valence-electron chi connectivity index (χ1n) is 6.40. The second-order valence-corrected chi connectivity index (χ2v) is 5.05. The van der Waals surface area contributed by atoms with Crippen LogP contribution in [0.25, 0.3) is 0 Å². The van der Waals surface area contributed by atoms with Crippen LogP contribution in [0.3, 0.4) is 0 Å². The Morgan fingerprint density at radius 2 is 1.88 bits per heavy atom. The molecule has 0 saturated heterocycles. The molecule has 1 N–H and O–H groups in total. The topological polar surface area (TPSA) is 29.5 Å². The highest BCUT2D eigenvalue weighted by Gasteiger charge is 2.29. The van der Waals surface area contributed by atoms with Crippen molar-refractivity contribution < 1.29 is 9.84 Å². The zero-order chi connectivity index (χ0) is 11.7. The molecule has 17 heavy (non-hydrogen) atoms. The van der Waals surface area contributed by atoms with E-state index in [9.17, 15) is 5.11 Å². The molecule has 0 amide bonds. The Bertz CT molecular complexity index is 411. The van der Waals surface area contributed by atoms with Crippen molar-refractivity contribution in [2.75, 3.05) is 6.61 Å². The van der Waals surface area contributed by atoms with Crippen LogP contribution in [0.15, 0.2) is 36.1 Å². The quantitative estimate of drug-likeness (QED) is 0.845. The molecule has 0 bridgehead atoms. The van der Waals surface area contributed by atoms with Crippen LogP contribution in [0.4, 0.5) is 0 Å². The van der Waals surface area contributed by atoms with Crippen molar-refractivity contribution in [3.63, 3.8) is 0 Å². The maximum absolute atomic E-state index is 10.4. The molecule has 1 unspecified atom stereocenters. The Morgan fingerprint density at radius 1 is 1.18 bits per heavy atom. The molecule has 0 spiro atoms. The monoisotopic (exact) mass is 230 g/mol. The van der Waals surface area contributed by atoms with Gasteiger partial charge in [0.2, 0.25) is 0 Å². The standard InChI is InChI=1S/C15H18O2/c16-15(13-6-3-7-17-10-13)14-8-11-4-1-2-5-12(11)9-14/h1-2,4-5,10,14-16H,3,6-9H2. The van der Waals surface area contributed by atoms with Crippen molar-refractivity contribution in [2.24, 2.45) is 5.92 Å². The van der Waals surface area contributed by atoms with Crippen molar-refractivity contribution in [3.8, 4) is 0 Å². The molecular formula is C15H18O2. The highest BCUT2D eigenvalue weighted by atomic mass is 16.5. The fourth-order valence-electron chi connectivity index (χ4n) is 2.92. The number of hydrogen-bond donors (Lipinski definition) is 1. The van der Waals surface area contributed by atoms with Gasteiger partial charge in [0.05, 0.1) is 19.0 Å². The summed E-state index contributed by atoms with van der Waals surface area (Å²) in [5, 5.41) is 10.4. The molecule has 2 aliphatic rings. The van der Waals surface area contributed by atoms with E-state index in [0.29, 0.717) is 5.92 Å². The normalized spacial score (nSPS) is 21.6. The predicted molar refractivity (Wildman–Crippen MR) is 66.6 cm³/mol. The third kappa shape index (κ3) is 2.09. The molecule has 3 rings (SSSR count). The molecule has 0 saturated carbocycles. The minimum atomic E-state index is -0.331. The van der Waals surface area contributed by atoms with E-state index in [1.807, 2.05) is 0 Å². The lowest BCUT2D eigenvalue weighted by atomic mass is 9.91. The molecule has 0 aromatic heterocycles. The maximum atomic E-state index is 10.4. The summed E-state index contributed by atoms with van der Waals surface area (Å²) in [6, 6.07) is 8.51. The number of ether oxygens (including phenoxy) is 1. The average molecular weight is 230 g/mol. The molecular weight excluding hydrogens is 212 g/mol. The lowest BCUT2D eigenvalue weighted by molar-refractivity contribution is 0.123. The predicted octanol–water partition coefficient (Wildman–Crippen LogP) is 2.46. The molecule has 0 radical (unpaired) electrons. The second kappa shape index (κ2) is 4.53. The molecule has 1 aromatic carbocycles. The average Bonchev–Trinajstić information content (AvgIpc) is 2.82. The highest BCUT2D eigenvalue weighted by Crippen LogP contribution is 2.32. The van der Waals surface area contributed by atoms with Gasteiger partial charge >= 0.3 is 0 Å². The van der Waals surface area contributed by atoms with Gasteiger partial charge in [-0.05, 0) is 48.3 Å². The van der Waals surface area contributed by atoms with Crippen molar-refractivity contribution >= 4 is 0 Å². The third-order valence-corrected chi connectivity index (χ3v) is 3.87. The fraction of sp³-hybridized carbons (Fsp3) is 0.467. The van der Waals surface area contributed by atoms with Crippen molar-refractivity contribution in [2.45, 2.75) is 31.8 Å². The highest BCUT2D eigenvalue weighted by molar-refractivity contribution is 5.33. The number of aliphatic hydroxyl groups excluding tert-OH is 1. The molecule has 1 atom stereocenters. The van der Waals surface area contributed by atoms with Crippen LogP contribution in [0.5, 0.6) is 0 Å². The van der Waals surface area contributed by atoms with Gasteiger partial charge in [0.25, 0.3) is 0 Å². The van der Waals surface area contributed by atoms with Crippen LogP contribution in [0, 0.1) is 5.92 Å². The van der Waals surface area contributed by atoms with Crippen molar-refractivity contribution in [1.82, 2.24) is 0 Å². The molecule has 2 nitrogen and oxygen atoms in total. The van der Waals surface area contributed by atoms with Gasteiger partial charge in [-0.3, -0.25) is 0 Å². The Kier molecular flexibility index (Phi) is 2.89. The molecule has 1 aliphatic heterocycles. The van der Waals surface area contributed by atoms with Crippen LogP contribution in [-0.4, -0.2) is 17.8 Å². The van der Waals surface area contributed by atoms with Gasteiger partial charge in [-0.25, -0.2) is 0 Å². The summed E-state index contributed by atoms with van der Waals surface area (Å²) in [7, 11) is 0. The fourth-order valence-corrected chi connectivity index (χ4v) is 2.92. The van der Waals surface area contributed by atoms with E-state index in [2.05, 4.69) is 24.3 Å². The van der Waals surface area contributed by atoms with Crippen LogP contribution in [-0.2, 0) is 17.6 Å². The first-order chi connectivity index (χ1) is 8.34. The summed E-state index contributed by atoms with van der Waals surface area (Å²) in [6.07, 6.45) is 5.44. The van der Waals surface area contributed by atoms with E-state index in [1.54, 1.807) is 6.26 Å². The molecule has 0 fully saturated rings.